The maximum absolute atomic E-state index is 5.40. The average Bonchev–Trinajstić information content (AvgIpc) is 2.39. The minimum absolute atomic E-state index is 0.849. The molecule has 1 aromatic rings. The number of rotatable bonds is 5. The number of halogens is 1. The number of benzene rings is 1. The zero-order chi connectivity index (χ0) is 13.7. The topological polar surface area (TPSA) is 21.3 Å². The van der Waals surface area contributed by atoms with Gasteiger partial charge >= 0.3 is 0 Å². The van der Waals surface area contributed by atoms with Gasteiger partial charge in [-0.05, 0) is 49.4 Å². The molecule has 1 fully saturated rings. The smallest absolute Gasteiger partial charge is 0.123 e. The number of ether oxygens (including phenoxy) is 1. The lowest BCUT2D eigenvalue weighted by atomic mass is 9.82. The Morgan fingerprint density at radius 3 is 2.95 bits per heavy atom. The number of hydrogen-bond donors (Lipinski definition) is 1. The summed E-state index contributed by atoms with van der Waals surface area (Å²) in [6, 6.07) is 6.17. The van der Waals surface area contributed by atoms with E-state index in [4.69, 9.17) is 4.74 Å². The molecular formula is C16H24BrNO. The molecule has 1 saturated carbocycles. The Kier molecular flexibility index (Phi) is 5.71. The molecule has 0 bridgehead atoms. The fourth-order valence-corrected chi connectivity index (χ4v) is 3.45. The molecule has 1 aliphatic carbocycles. The lowest BCUT2D eigenvalue weighted by Gasteiger charge is -2.27. The van der Waals surface area contributed by atoms with Crippen molar-refractivity contribution in [1.82, 2.24) is 5.32 Å². The molecule has 0 saturated heterocycles. The lowest BCUT2D eigenvalue weighted by molar-refractivity contribution is 0.273. The first-order valence-corrected chi connectivity index (χ1v) is 8.01. The van der Waals surface area contributed by atoms with E-state index in [2.05, 4.69) is 34.2 Å². The van der Waals surface area contributed by atoms with Gasteiger partial charge in [0.2, 0.25) is 0 Å². The molecule has 2 rings (SSSR count). The van der Waals surface area contributed by atoms with E-state index in [0.717, 1.165) is 35.1 Å². The molecule has 1 aliphatic rings. The van der Waals surface area contributed by atoms with Crippen molar-refractivity contribution in [1.29, 1.82) is 0 Å². The van der Waals surface area contributed by atoms with E-state index in [1.54, 1.807) is 7.11 Å². The van der Waals surface area contributed by atoms with Crippen molar-refractivity contribution in [2.45, 2.75) is 39.2 Å². The summed E-state index contributed by atoms with van der Waals surface area (Å²) < 4.78 is 6.51. The van der Waals surface area contributed by atoms with Crippen LogP contribution in [0, 0.1) is 11.8 Å². The van der Waals surface area contributed by atoms with Crippen LogP contribution in [0.3, 0.4) is 0 Å². The minimum atomic E-state index is 0.849. The van der Waals surface area contributed by atoms with E-state index in [0.29, 0.717) is 0 Å². The first-order valence-electron chi connectivity index (χ1n) is 7.22. The van der Waals surface area contributed by atoms with Crippen LogP contribution in [0.4, 0.5) is 0 Å². The third kappa shape index (κ3) is 4.50. The maximum Gasteiger partial charge on any atom is 0.123 e. The van der Waals surface area contributed by atoms with E-state index in [9.17, 15) is 0 Å². The molecule has 0 aromatic heterocycles. The van der Waals surface area contributed by atoms with Crippen molar-refractivity contribution in [3.8, 4) is 5.75 Å². The van der Waals surface area contributed by atoms with Gasteiger partial charge in [-0.25, -0.2) is 0 Å². The number of hydrogen-bond acceptors (Lipinski definition) is 2. The highest BCUT2D eigenvalue weighted by atomic mass is 79.9. The van der Waals surface area contributed by atoms with Gasteiger partial charge in [0.1, 0.15) is 5.75 Å². The minimum Gasteiger partial charge on any atom is -0.496 e. The van der Waals surface area contributed by atoms with Crippen molar-refractivity contribution in [3.63, 3.8) is 0 Å². The Bertz CT molecular complexity index is 408. The van der Waals surface area contributed by atoms with Crippen LogP contribution in [0.5, 0.6) is 5.75 Å². The number of methoxy groups -OCH3 is 1. The standard InChI is InChI=1S/C16H24BrNO/c1-12-4-3-5-13(8-12)10-18-11-14-9-15(17)6-7-16(14)19-2/h6-7,9,12-13,18H,3-5,8,10-11H2,1-2H3. The summed E-state index contributed by atoms with van der Waals surface area (Å²) in [5.41, 5.74) is 1.22. The Hall–Kier alpha value is -0.540. The quantitative estimate of drug-likeness (QED) is 0.867. The molecule has 0 amide bonds. The first-order chi connectivity index (χ1) is 9.19. The molecule has 3 heteroatoms. The van der Waals surface area contributed by atoms with Gasteiger partial charge in [-0.2, -0.15) is 0 Å². The predicted molar refractivity (Wildman–Crippen MR) is 83.5 cm³/mol. The third-order valence-electron chi connectivity index (χ3n) is 4.04. The highest BCUT2D eigenvalue weighted by Crippen LogP contribution is 2.28. The Balaban J connectivity index is 1.83. The molecule has 0 aliphatic heterocycles. The van der Waals surface area contributed by atoms with Crippen LogP contribution < -0.4 is 10.1 Å². The Morgan fingerprint density at radius 2 is 2.21 bits per heavy atom. The summed E-state index contributed by atoms with van der Waals surface area (Å²) in [5, 5.41) is 3.59. The zero-order valence-corrected chi connectivity index (χ0v) is 13.5. The normalized spacial score (nSPS) is 23.3. The summed E-state index contributed by atoms with van der Waals surface area (Å²) in [6.07, 6.45) is 5.57. The molecule has 1 N–H and O–H groups in total. The van der Waals surface area contributed by atoms with E-state index < -0.39 is 0 Å². The summed E-state index contributed by atoms with van der Waals surface area (Å²) in [5.74, 6) is 2.72. The van der Waals surface area contributed by atoms with Gasteiger partial charge in [0.25, 0.3) is 0 Å². The van der Waals surface area contributed by atoms with Gasteiger partial charge in [-0.1, -0.05) is 35.7 Å². The molecule has 1 aromatic carbocycles. The third-order valence-corrected chi connectivity index (χ3v) is 4.53. The van der Waals surface area contributed by atoms with Crippen molar-refractivity contribution in [3.05, 3.63) is 28.2 Å². The summed E-state index contributed by atoms with van der Waals surface area (Å²) in [4.78, 5) is 0. The molecule has 0 spiro atoms. The average molecular weight is 326 g/mol. The van der Waals surface area contributed by atoms with E-state index >= 15 is 0 Å². The van der Waals surface area contributed by atoms with Gasteiger partial charge in [-0.15, -0.1) is 0 Å². The molecule has 2 unspecified atom stereocenters. The predicted octanol–water partition coefficient (Wildman–Crippen LogP) is 4.37. The van der Waals surface area contributed by atoms with Gasteiger partial charge < -0.3 is 10.1 Å². The molecule has 0 radical (unpaired) electrons. The molecule has 2 nitrogen and oxygen atoms in total. The fourth-order valence-electron chi connectivity index (χ4n) is 3.04. The highest BCUT2D eigenvalue weighted by Gasteiger charge is 2.18. The second kappa shape index (κ2) is 7.30. The summed E-state index contributed by atoms with van der Waals surface area (Å²) in [6.45, 7) is 4.39. The molecule has 106 valence electrons. The lowest BCUT2D eigenvalue weighted by Crippen LogP contribution is -2.26. The zero-order valence-electron chi connectivity index (χ0n) is 11.9. The molecular weight excluding hydrogens is 302 g/mol. The second-order valence-corrected chi connectivity index (χ2v) is 6.64. The Labute approximate surface area is 125 Å². The molecule has 19 heavy (non-hydrogen) atoms. The van der Waals surface area contributed by atoms with Gasteiger partial charge in [0, 0.05) is 16.6 Å². The summed E-state index contributed by atoms with van der Waals surface area (Å²) >= 11 is 3.52. The van der Waals surface area contributed by atoms with Gasteiger partial charge in [0.05, 0.1) is 7.11 Å². The van der Waals surface area contributed by atoms with Crippen molar-refractivity contribution in [2.24, 2.45) is 11.8 Å². The van der Waals surface area contributed by atoms with Crippen LogP contribution in [0.25, 0.3) is 0 Å². The largest absolute Gasteiger partial charge is 0.496 e. The highest BCUT2D eigenvalue weighted by molar-refractivity contribution is 9.10. The second-order valence-electron chi connectivity index (χ2n) is 5.72. The van der Waals surface area contributed by atoms with Gasteiger partial charge in [-0.3, -0.25) is 0 Å². The maximum atomic E-state index is 5.40. The van der Waals surface area contributed by atoms with Crippen LogP contribution in [0.15, 0.2) is 22.7 Å². The van der Waals surface area contributed by atoms with Crippen molar-refractivity contribution >= 4 is 15.9 Å². The number of nitrogens with one attached hydrogen (secondary N) is 1. The van der Waals surface area contributed by atoms with Gasteiger partial charge in [0.15, 0.2) is 0 Å². The van der Waals surface area contributed by atoms with Crippen LogP contribution >= 0.6 is 15.9 Å². The molecule has 0 heterocycles. The van der Waals surface area contributed by atoms with E-state index in [-0.39, 0.29) is 0 Å². The van der Waals surface area contributed by atoms with Crippen LogP contribution in [0.2, 0.25) is 0 Å². The van der Waals surface area contributed by atoms with Crippen LogP contribution in [-0.2, 0) is 6.54 Å². The summed E-state index contributed by atoms with van der Waals surface area (Å²) in [7, 11) is 1.73. The molecule has 2 atom stereocenters. The van der Waals surface area contributed by atoms with Crippen molar-refractivity contribution < 1.29 is 4.74 Å². The van der Waals surface area contributed by atoms with Crippen LogP contribution in [0.1, 0.15) is 38.2 Å². The monoisotopic (exact) mass is 325 g/mol. The SMILES string of the molecule is COc1ccc(Br)cc1CNCC1CCCC(C)C1. The van der Waals surface area contributed by atoms with Crippen LogP contribution in [-0.4, -0.2) is 13.7 Å². The Morgan fingerprint density at radius 1 is 1.37 bits per heavy atom. The fraction of sp³-hybridized carbons (Fsp3) is 0.625. The first kappa shape index (κ1) is 14.9. The van der Waals surface area contributed by atoms with E-state index in [1.807, 2.05) is 12.1 Å². The van der Waals surface area contributed by atoms with Crippen molar-refractivity contribution in [2.75, 3.05) is 13.7 Å². The van der Waals surface area contributed by atoms with E-state index in [1.165, 1.54) is 31.2 Å².